The normalized spacial score (nSPS) is 15.6. The predicted octanol–water partition coefficient (Wildman–Crippen LogP) is 4.19. The molecule has 0 bridgehead atoms. The Morgan fingerprint density at radius 3 is 2.49 bits per heavy atom. The van der Waals surface area contributed by atoms with Crippen LogP contribution in [-0.2, 0) is 4.79 Å². The molecule has 8 nitrogen and oxygen atoms in total. The minimum atomic E-state index is -0.195. The van der Waals surface area contributed by atoms with Gasteiger partial charge in [-0.1, -0.05) is 41.6 Å². The van der Waals surface area contributed by atoms with Gasteiger partial charge in [0.1, 0.15) is 0 Å². The molecule has 1 aliphatic carbocycles. The van der Waals surface area contributed by atoms with Crippen molar-refractivity contribution < 1.29 is 9.59 Å². The second-order valence-corrected chi connectivity index (χ2v) is 10.1. The number of benzene rings is 2. The number of aryl methyl sites for hydroxylation is 1. The van der Waals surface area contributed by atoms with Crippen molar-refractivity contribution in [2.45, 2.75) is 50.2 Å². The number of hydrogen-bond acceptors (Lipinski definition) is 6. The van der Waals surface area contributed by atoms with Crippen LogP contribution in [0.1, 0.15) is 48.0 Å². The van der Waals surface area contributed by atoms with Crippen molar-refractivity contribution in [3.63, 3.8) is 0 Å². The number of nitrogens with zero attached hydrogens (tertiary/aromatic N) is 4. The van der Waals surface area contributed by atoms with Crippen molar-refractivity contribution in [2.24, 2.45) is 0 Å². The van der Waals surface area contributed by atoms with Gasteiger partial charge in [0, 0.05) is 19.1 Å². The molecule has 2 aliphatic rings. The minimum Gasteiger partial charge on any atom is -0.349 e. The molecule has 0 spiro atoms. The molecule has 0 unspecified atom stereocenters. The van der Waals surface area contributed by atoms with Crippen LogP contribution in [0.2, 0.25) is 0 Å². The summed E-state index contributed by atoms with van der Waals surface area (Å²) in [6.45, 7) is 3.97. The number of thioether (sulfide) groups is 1. The summed E-state index contributed by atoms with van der Waals surface area (Å²) in [6, 6.07) is 15.6. The van der Waals surface area contributed by atoms with E-state index in [2.05, 4.69) is 56.9 Å². The fourth-order valence-electron chi connectivity index (χ4n) is 4.17. The van der Waals surface area contributed by atoms with Gasteiger partial charge in [0.25, 0.3) is 5.91 Å². The quantitative estimate of drug-likeness (QED) is 0.460. The van der Waals surface area contributed by atoms with Crippen LogP contribution in [0.4, 0.5) is 11.6 Å². The Bertz CT molecular complexity index is 1200. The number of anilines is 2. The Morgan fingerprint density at radius 1 is 1.00 bits per heavy atom. The molecule has 1 saturated heterocycles. The first-order valence-corrected chi connectivity index (χ1v) is 13.2. The van der Waals surface area contributed by atoms with Gasteiger partial charge in [-0.15, -0.1) is 10.2 Å². The van der Waals surface area contributed by atoms with Gasteiger partial charge in [-0.2, -0.15) is 0 Å². The second kappa shape index (κ2) is 10.5. The molecule has 3 aromatic rings. The Balaban J connectivity index is 1.31. The molecule has 0 radical (unpaired) electrons. The number of piperidine rings is 1. The highest BCUT2D eigenvalue weighted by Gasteiger charge is 2.25. The largest absolute Gasteiger partial charge is 0.349 e. The molecular weight excluding hydrogens is 460 g/mol. The number of hydrogen-bond donors (Lipinski definition) is 2. The van der Waals surface area contributed by atoms with Crippen molar-refractivity contribution in [3.8, 4) is 5.69 Å². The zero-order valence-electron chi connectivity index (χ0n) is 19.9. The summed E-state index contributed by atoms with van der Waals surface area (Å²) < 4.78 is 2.04. The number of carbonyl (C=O) groups is 2. The zero-order valence-corrected chi connectivity index (χ0v) is 20.7. The van der Waals surface area contributed by atoms with Crippen LogP contribution in [0.15, 0.2) is 53.7 Å². The topological polar surface area (TPSA) is 92.2 Å². The average Bonchev–Trinajstić information content (AvgIpc) is 3.59. The number of rotatable bonds is 8. The lowest BCUT2D eigenvalue weighted by Gasteiger charge is -2.27. The Hall–Kier alpha value is -3.33. The molecule has 2 amide bonds. The lowest BCUT2D eigenvalue weighted by molar-refractivity contribution is -0.113. The van der Waals surface area contributed by atoms with E-state index < -0.39 is 0 Å². The SMILES string of the molecule is Cc1ccc(-n2c(SCC(=O)Nc3ccccc3C(=O)NC3CC3)nnc2N2CCCCC2)cc1. The number of amides is 2. The zero-order chi connectivity index (χ0) is 24.2. The van der Waals surface area contributed by atoms with E-state index in [0.29, 0.717) is 16.4 Å². The number of nitrogens with one attached hydrogen (secondary N) is 2. The van der Waals surface area contributed by atoms with E-state index in [-0.39, 0.29) is 23.6 Å². The summed E-state index contributed by atoms with van der Waals surface area (Å²) in [5, 5.41) is 15.5. The minimum absolute atomic E-state index is 0.152. The predicted molar refractivity (Wildman–Crippen MR) is 138 cm³/mol. The maximum atomic E-state index is 12.9. The molecule has 2 aromatic carbocycles. The molecule has 1 aromatic heterocycles. The van der Waals surface area contributed by atoms with Crippen LogP contribution in [0.25, 0.3) is 5.69 Å². The van der Waals surface area contributed by atoms with Gasteiger partial charge in [0.15, 0.2) is 5.16 Å². The Labute approximate surface area is 209 Å². The molecule has 5 rings (SSSR count). The fraction of sp³-hybridized carbons (Fsp3) is 0.385. The smallest absolute Gasteiger partial charge is 0.253 e. The molecule has 1 aliphatic heterocycles. The molecular formula is C26H30N6O2S. The van der Waals surface area contributed by atoms with Crippen LogP contribution in [-0.4, -0.2) is 51.5 Å². The lowest BCUT2D eigenvalue weighted by Crippen LogP contribution is -2.31. The van der Waals surface area contributed by atoms with Crippen LogP contribution in [0, 0.1) is 6.92 Å². The highest BCUT2D eigenvalue weighted by Crippen LogP contribution is 2.29. The summed E-state index contributed by atoms with van der Waals surface area (Å²) >= 11 is 1.34. The summed E-state index contributed by atoms with van der Waals surface area (Å²) in [7, 11) is 0. The maximum absolute atomic E-state index is 12.9. The second-order valence-electron chi connectivity index (χ2n) is 9.13. The number of carbonyl (C=O) groups excluding carboxylic acids is 2. The summed E-state index contributed by atoms with van der Waals surface area (Å²) in [5.74, 6) is 0.627. The van der Waals surface area contributed by atoms with Crippen molar-refractivity contribution in [3.05, 3.63) is 59.7 Å². The van der Waals surface area contributed by atoms with Crippen LogP contribution in [0.5, 0.6) is 0 Å². The first kappa shape index (κ1) is 23.4. The van der Waals surface area contributed by atoms with Crippen LogP contribution in [0.3, 0.4) is 0 Å². The Morgan fingerprint density at radius 2 is 1.74 bits per heavy atom. The standard InChI is InChI=1S/C26H30N6O2S/c1-18-9-13-20(14-10-18)32-25(31-15-5-2-6-16-31)29-30-26(32)35-17-23(33)28-22-8-4-3-7-21(22)24(34)27-19-11-12-19/h3-4,7-10,13-14,19H,2,5-6,11-12,15-17H2,1H3,(H,27,34)(H,28,33). The third-order valence-electron chi connectivity index (χ3n) is 6.24. The third-order valence-corrected chi connectivity index (χ3v) is 7.17. The van der Waals surface area contributed by atoms with E-state index in [9.17, 15) is 9.59 Å². The fourth-order valence-corrected chi connectivity index (χ4v) is 4.92. The summed E-state index contributed by atoms with van der Waals surface area (Å²) in [6.07, 6.45) is 5.53. The summed E-state index contributed by atoms with van der Waals surface area (Å²) in [4.78, 5) is 27.7. The molecule has 9 heteroatoms. The van der Waals surface area contributed by atoms with E-state index in [4.69, 9.17) is 0 Å². The lowest BCUT2D eigenvalue weighted by atomic mass is 10.1. The van der Waals surface area contributed by atoms with Crippen molar-refractivity contribution in [1.82, 2.24) is 20.1 Å². The average molecular weight is 491 g/mol. The maximum Gasteiger partial charge on any atom is 0.253 e. The molecule has 1 saturated carbocycles. The van der Waals surface area contributed by atoms with Crippen molar-refractivity contribution in [2.75, 3.05) is 29.1 Å². The molecule has 0 atom stereocenters. The molecule has 2 heterocycles. The monoisotopic (exact) mass is 490 g/mol. The molecule has 35 heavy (non-hydrogen) atoms. The van der Waals surface area contributed by atoms with E-state index >= 15 is 0 Å². The van der Waals surface area contributed by atoms with Crippen molar-refractivity contribution >= 4 is 35.2 Å². The van der Waals surface area contributed by atoms with Gasteiger partial charge in [0.2, 0.25) is 11.9 Å². The molecule has 2 fully saturated rings. The molecule has 2 N–H and O–H groups in total. The first-order valence-electron chi connectivity index (χ1n) is 12.2. The van der Waals surface area contributed by atoms with Crippen molar-refractivity contribution in [1.29, 1.82) is 0 Å². The number of para-hydroxylation sites is 1. The van der Waals surface area contributed by atoms with Gasteiger partial charge in [-0.3, -0.25) is 14.2 Å². The molecule has 182 valence electrons. The van der Waals surface area contributed by atoms with E-state index in [1.165, 1.54) is 23.7 Å². The number of aromatic nitrogens is 3. The highest BCUT2D eigenvalue weighted by molar-refractivity contribution is 7.99. The van der Waals surface area contributed by atoms with Crippen LogP contribution >= 0.6 is 11.8 Å². The van der Waals surface area contributed by atoms with Gasteiger partial charge in [-0.25, -0.2) is 0 Å². The van der Waals surface area contributed by atoms with E-state index in [0.717, 1.165) is 50.4 Å². The van der Waals surface area contributed by atoms with Gasteiger partial charge in [-0.05, 0) is 63.3 Å². The van der Waals surface area contributed by atoms with E-state index in [1.807, 2.05) is 10.6 Å². The van der Waals surface area contributed by atoms with Gasteiger partial charge in [0.05, 0.1) is 22.7 Å². The summed E-state index contributed by atoms with van der Waals surface area (Å²) in [5.41, 5.74) is 3.16. The Kier molecular flexibility index (Phi) is 7.03. The van der Waals surface area contributed by atoms with Crippen LogP contribution < -0.4 is 15.5 Å². The first-order chi connectivity index (χ1) is 17.1. The highest BCUT2D eigenvalue weighted by atomic mass is 32.2. The third kappa shape index (κ3) is 5.67. The van der Waals surface area contributed by atoms with E-state index in [1.54, 1.807) is 18.2 Å². The van der Waals surface area contributed by atoms with Gasteiger partial charge >= 0.3 is 0 Å². The van der Waals surface area contributed by atoms with Gasteiger partial charge < -0.3 is 15.5 Å².